The summed E-state index contributed by atoms with van der Waals surface area (Å²) in [7, 11) is 0. The molecule has 1 aliphatic rings. The molecular formula is C14H22N4O. The molecule has 1 aromatic rings. The number of aromatic nitrogens is 1. The van der Waals surface area contributed by atoms with Crippen LogP contribution in [0.4, 0.5) is 4.79 Å². The van der Waals surface area contributed by atoms with E-state index >= 15 is 0 Å². The molecule has 5 nitrogen and oxygen atoms in total. The number of urea groups is 1. The second-order valence-electron chi connectivity index (χ2n) is 4.77. The topological polar surface area (TPSA) is 48.5 Å². The number of pyridine rings is 1. The summed E-state index contributed by atoms with van der Waals surface area (Å²) in [5.41, 5.74) is 1.09. The van der Waals surface area contributed by atoms with Crippen molar-refractivity contribution in [2.45, 2.75) is 19.9 Å². The van der Waals surface area contributed by atoms with E-state index in [0.29, 0.717) is 6.54 Å². The van der Waals surface area contributed by atoms with Gasteiger partial charge in [-0.25, -0.2) is 4.79 Å². The molecule has 5 heteroatoms. The highest BCUT2D eigenvalue weighted by Crippen LogP contribution is 2.07. The molecule has 1 saturated heterocycles. The molecule has 2 heterocycles. The van der Waals surface area contributed by atoms with E-state index in [9.17, 15) is 4.79 Å². The maximum absolute atomic E-state index is 11.8. The zero-order chi connectivity index (χ0) is 13.5. The molecule has 0 unspecified atom stereocenters. The molecule has 0 aromatic carbocycles. The summed E-state index contributed by atoms with van der Waals surface area (Å²) in [6.45, 7) is 7.06. The van der Waals surface area contributed by atoms with Crippen LogP contribution in [0.5, 0.6) is 0 Å². The van der Waals surface area contributed by atoms with E-state index in [1.54, 1.807) is 0 Å². The Hall–Kier alpha value is -1.62. The first-order chi connectivity index (χ1) is 9.29. The quantitative estimate of drug-likeness (QED) is 0.893. The third-order valence-corrected chi connectivity index (χ3v) is 3.32. The maximum atomic E-state index is 11.8. The Labute approximate surface area is 114 Å². The van der Waals surface area contributed by atoms with E-state index in [-0.39, 0.29) is 6.03 Å². The number of nitrogens with zero attached hydrogens (tertiary/aromatic N) is 3. The first-order valence-electron chi connectivity index (χ1n) is 6.94. The second kappa shape index (κ2) is 7.09. The summed E-state index contributed by atoms with van der Waals surface area (Å²) in [6, 6.07) is 6.05. The molecule has 2 amide bonds. The first kappa shape index (κ1) is 13.8. The van der Waals surface area contributed by atoms with Gasteiger partial charge in [0, 0.05) is 45.5 Å². The average molecular weight is 262 g/mol. The van der Waals surface area contributed by atoms with Crippen molar-refractivity contribution in [1.29, 1.82) is 0 Å². The lowest BCUT2D eigenvalue weighted by Crippen LogP contribution is -2.41. The molecule has 19 heavy (non-hydrogen) atoms. The van der Waals surface area contributed by atoms with Gasteiger partial charge >= 0.3 is 6.03 Å². The van der Waals surface area contributed by atoms with Gasteiger partial charge < -0.3 is 10.2 Å². The van der Waals surface area contributed by atoms with Crippen molar-refractivity contribution in [3.8, 4) is 0 Å². The van der Waals surface area contributed by atoms with Crippen LogP contribution in [0.2, 0.25) is 0 Å². The largest absolute Gasteiger partial charge is 0.338 e. The summed E-state index contributed by atoms with van der Waals surface area (Å²) in [6.07, 6.45) is 2.85. The van der Waals surface area contributed by atoms with Crippen LogP contribution in [0.15, 0.2) is 24.4 Å². The lowest BCUT2D eigenvalue weighted by molar-refractivity contribution is 0.198. The third kappa shape index (κ3) is 4.21. The van der Waals surface area contributed by atoms with E-state index in [4.69, 9.17) is 0 Å². The Morgan fingerprint density at radius 2 is 2.21 bits per heavy atom. The Morgan fingerprint density at radius 3 is 2.95 bits per heavy atom. The van der Waals surface area contributed by atoms with E-state index < -0.39 is 0 Å². The first-order valence-corrected chi connectivity index (χ1v) is 6.94. The number of hydrogen-bond donors (Lipinski definition) is 1. The van der Waals surface area contributed by atoms with Crippen LogP contribution >= 0.6 is 0 Å². The van der Waals surface area contributed by atoms with Crippen LogP contribution in [0.1, 0.15) is 19.0 Å². The predicted octanol–water partition coefficient (Wildman–Crippen LogP) is 1.32. The molecule has 0 atom stereocenters. The van der Waals surface area contributed by atoms with Crippen molar-refractivity contribution in [3.05, 3.63) is 30.1 Å². The van der Waals surface area contributed by atoms with E-state index in [1.807, 2.05) is 36.2 Å². The molecule has 0 saturated carbocycles. The second-order valence-corrected chi connectivity index (χ2v) is 4.77. The molecule has 0 aliphatic carbocycles. The van der Waals surface area contributed by atoms with Gasteiger partial charge in [-0.3, -0.25) is 9.88 Å². The van der Waals surface area contributed by atoms with Gasteiger partial charge in [0.2, 0.25) is 0 Å². The Morgan fingerprint density at radius 1 is 1.32 bits per heavy atom. The number of carbonyl (C=O) groups excluding carboxylic acids is 1. The fraction of sp³-hybridized carbons (Fsp3) is 0.571. The molecule has 0 radical (unpaired) electrons. The Kier molecular flexibility index (Phi) is 5.15. The van der Waals surface area contributed by atoms with Crippen LogP contribution in [-0.4, -0.2) is 53.5 Å². The maximum Gasteiger partial charge on any atom is 0.317 e. The number of rotatable bonds is 3. The van der Waals surface area contributed by atoms with Crippen molar-refractivity contribution < 1.29 is 4.79 Å². The fourth-order valence-electron chi connectivity index (χ4n) is 2.32. The van der Waals surface area contributed by atoms with Crippen LogP contribution in [-0.2, 0) is 6.54 Å². The average Bonchev–Trinajstić information content (AvgIpc) is 2.66. The third-order valence-electron chi connectivity index (χ3n) is 3.32. The fourth-order valence-corrected chi connectivity index (χ4v) is 2.32. The van der Waals surface area contributed by atoms with Gasteiger partial charge in [-0.1, -0.05) is 6.07 Å². The summed E-state index contributed by atoms with van der Waals surface area (Å²) < 4.78 is 0. The van der Waals surface area contributed by atoms with Gasteiger partial charge in [-0.05, 0) is 25.5 Å². The normalized spacial score (nSPS) is 17.0. The number of amides is 2. The summed E-state index contributed by atoms with van der Waals surface area (Å²) in [5, 5.41) is 2.86. The van der Waals surface area contributed by atoms with E-state index in [1.165, 1.54) is 0 Å². The van der Waals surface area contributed by atoms with Gasteiger partial charge in [0.05, 0.1) is 5.69 Å². The van der Waals surface area contributed by atoms with Gasteiger partial charge in [0.25, 0.3) is 0 Å². The molecule has 0 spiro atoms. The smallest absolute Gasteiger partial charge is 0.317 e. The van der Waals surface area contributed by atoms with Crippen LogP contribution in [0.25, 0.3) is 0 Å². The predicted molar refractivity (Wildman–Crippen MR) is 74.8 cm³/mol. The standard InChI is InChI=1S/C14H22N4O/c1-2-15-14(19)18-9-5-8-17(10-11-18)12-13-6-3-4-7-16-13/h3-4,6-7H,2,5,8-12H2,1H3,(H,15,19). The van der Waals surface area contributed by atoms with Gasteiger partial charge in [0.15, 0.2) is 0 Å². The lowest BCUT2D eigenvalue weighted by Gasteiger charge is -2.21. The van der Waals surface area contributed by atoms with Crippen molar-refractivity contribution >= 4 is 6.03 Å². The van der Waals surface area contributed by atoms with Gasteiger partial charge in [0.1, 0.15) is 0 Å². The highest BCUT2D eigenvalue weighted by molar-refractivity contribution is 5.74. The Bertz CT molecular complexity index is 396. The number of nitrogens with one attached hydrogen (secondary N) is 1. The summed E-state index contributed by atoms with van der Waals surface area (Å²) in [4.78, 5) is 20.4. The van der Waals surface area contributed by atoms with Gasteiger partial charge in [-0.15, -0.1) is 0 Å². The van der Waals surface area contributed by atoms with Crippen LogP contribution < -0.4 is 5.32 Å². The van der Waals surface area contributed by atoms with Crippen LogP contribution in [0, 0.1) is 0 Å². The zero-order valence-electron chi connectivity index (χ0n) is 11.5. The molecule has 1 N–H and O–H groups in total. The van der Waals surface area contributed by atoms with Crippen molar-refractivity contribution in [2.24, 2.45) is 0 Å². The number of hydrogen-bond acceptors (Lipinski definition) is 3. The zero-order valence-corrected chi connectivity index (χ0v) is 11.5. The van der Waals surface area contributed by atoms with Crippen molar-refractivity contribution in [2.75, 3.05) is 32.7 Å². The Balaban J connectivity index is 1.85. The highest BCUT2D eigenvalue weighted by Gasteiger charge is 2.18. The van der Waals surface area contributed by atoms with E-state index in [0.717, 1.165) is 44.8 Å². The highest BCUT2D eigenvalue weighted by atomic mass is 16.2. The van der Waals surface area contributed by atoms with Crippen molar-refractivity contribution in [1.82, 2.24) is 20.1 Å². The minimum absolute atomic E-state index is 0.0576. The summed E-state index contributed by atoms with van der Waals surface area (Å²) >= 11 is 0. The molecular weight excluding hydrogens is 240 g/mol. The monoisotopic (exact) mass is 262 g/mol. The van der Waals surface area contributed by atoms with Crippen molar-refractivity contribution in [3.63, 3.8) is 0 Å². The summed E-state index contributed by atoms with van der Waals surface area (Å²) in [5.74, 6) is 0. The molecule has 1 fully saturated rings. The van der Waals surface area contributed by atoms with E-state index in [2.05, 4.69) is 15.2 Å². The minimum atomic E-state index is 0.0576. The molecule has 1 aliphatic heterocycles. The SMILES string of the molecule is CCNC(=O)N1CCCN(Cc2ccccn2)CC1. The minimum Gasteiger partial charge on any atom is -0.338 e. The molecule has 104 valence electrons. The molecule has 0 bridgehead atoms. The van der Waals surface area contributed by atoms with Crippen LogP contribution in [0.3, 0.4) is 0 Å². The lowest BCUT2D eigenvalue weighted by atomic mass is 10.3. The molecule has 1 aromatic heterocycles. The number of carbonyl (C=O) groups is 1. The van der Waals surface area contributed by atoms with Gasteiger partial charge in [-0.2, -0.15) is 0 Å². The molecule has 2 rings (SSSR count).